The van der Waals surface area contributed by atoms with Gasteiger partial charge >= 0.3 is 0 Å². The fourth-order valence-corrected chi connectivity index (χ4v) is 2.12. The van der Waals surface area contributed by atoms with Crippen molar-refractivity contribution >= 4 is 27.5 Å². The molecular formula is C18H17BrN2O2. The van der Waals surface area contributed by atoms with Gasteiger partial charge in [0.2, 0.25) is 0 Å². The number of carbonyl (C=O) groups is 1. The second kappa shape index (κ2) is 8.25. The fourth-order valence-electron chi connectivity index (χ4n) is 1.85. The molecule has 0 spiro atoms. The predicted octanol–water partition coefficient (Wildman–Crippen LogP) is 3.04. The maximum Gasteiger partial charge on any atom is 0.254 e. The van der Waals surface area contributed by atoms with Crippen LogP contribution in [0.5, 0.6) is 5.75 Å². The Bertz CT molecular complexity index is 715. The third kappa shape index (κ3) is 5.04. The number of methoxy groups -OCH3 is 1. The number of rotatable bonds is 4. The van der Waals surface area contributed by atoms with Gasteiger partial charge in [-0.1, -0.05) is 27.8 Å². The largest absolute Gasteiger partial charge is 0.497 e. The smallest absolute Gasteiger partial charge is 0.254 e. The van der Waals surface area contributed by atoms with E-state index in [9.17, 15) is 4.79 Å². The monoisotopic (exact) mass is 372 g/mol. The first-order valence-corrected chi connectivity index (χ1v) is 7.81. The van der Waals surface area contributed by atoms with Gasteiger partial charge in [0.25, 0.3) is 5.91 Å². The van der Waals surface area contributed by atoms with Gasteiger partial charge in [-0.2, -0.15) is 0 Å². The van der Waals surface area contributed by atoms with E-state index in [1.54, 1.807) is 14.2 Å². The van der Waals surface area contributed by atoms with Gasteiger partial charge in [-0.3, -0.25) is 4.79 Å². The summed E-state index contributed by atoms with van der Waals surface area (Å²) in [5.41, 5.74) is 1.64. The van der Waals surface area contributed by atoms with Crippen molar-refractivity contribution in [1.82, 2.24) is 5.32 Å². The number of amides is 1. The van der Waals surface area contributed by atoms with Gasteiger partial charge in [-0.05, 0) is 48.5 Å². The molecule has 5 heteroatoms. The number of hydrogen-bond donors (Lipinski definition) is 2. The van der Waals surface area contributed by atoms with Gasteiger partial charge < -0.3 is 15.4 Å². The molecule has 0 aliphatic rings. The predicted molar refractivity (Wildman–Crippen MR) is 95.5 cm³/mol. The lowest BCUT2D eigenvalue weighted by atomic mass is 10.2. The van der Waals surface area contributed by atoms with Crippen molar-refractivity contribution in [1.29, 1.82) is 0 Å². The van der Waals surface area contributed by atoms with Crippen LogP contribution in [0.4, 0.5) is 5.69 Å². The highest BCUT2D eigenvalue weighted by Crippen LogP contribution is 2.16. The van der Waals surface area contributed by atoms with Crippen LogP contribution in [0.15, 0.2) is 53.0 Å². The minimum Gasteiger partial charge on any atom is -0.497 e. The summed E-state index contributed by atoms with van der Waals surface area (Å²) in [6.45, 7) is 0. The van der Waals surface area contributed by atoms with Gasteiger partial charge in [0, 0.05) is 22.8 Å². The third-order valence-corrected chi connectivity index (χ3v) is 3.64. The summed E-state index contributed by atoms with van der Waals surface area (Å²) in [6.07, 6.45) is 0. The molecule has 0 bridgehead atoms. The number of hydrogen-bond acceptors (Lipinski definition) is 3. The number of carbonyl (C=O) groups excluding carboxylic acids is 1. The summed E-state index contributed by atoms with van der Waals surface area (Å²) in [6, 6.07) is 14.3. The van der Waals surface area contributed by atoms with E-state index in [0.717, 1.165) is 21.5 Å². The molecule has 2 rings (SSSR count). The van der Waals surface area contributed by atoms with Crippen molar-refractivity contribution in [2.75, 3.05) is 19.5 Å². The summed E-state index contributed by atoms with van der Waals surface area (Å²) in [5, 5.41) is 5.73. The quantitative estimate of drug-likeness (QED) is 0.811. The van der Waals surface area contributed by atoms with E-state index in [0.29, 0.717) is 0 Å². The molecule has 0 saturated carbocycles. The Morgan fingerprint density at radius 1 is 1.13 bits per heavy atom. The molecule has 2 N–H and O–H groups in total. The van der Waals surface area contributed by atoms with Crippen molar-refractivity contribution in [3.63, 3.8) is 0 Å². The van der Waals surface area contributed by atoms with Gasteiger partial charge in [0.15, 0.2) is 6.04 Å². The Labute approximate surface area is 144 Å². The highest BCUT2D eigenvalue weighted by Gasteiger charge is 2.13. The molecule has 1 unspecified atom stereocenters. The molecule has 0 aromatic heterocycles. The second-order valence-electron chi connectivity index (χ2n) is 4.70. The van der Waals surface area contributed by atoms with Gasteiger partial charge in [0.1, 0.15) is 5.75 Å². The van der Waals surface area contributed by atoms with Crippen LogP contribution in [0.1, 0.15) is 5.56 Å². The molecule has 0 saturated heterocycles. The minimum atomic E-state index is -0.642. The SMILES string of the molecule is CNC(=O)C(C#Cc1ccc(Br)cc1)Nc1ccc(OC)cc1. The average Bonchev–Trinajstić information content (AvgIpc) is 2.59. The number of benzene rings is 2. The standard InChI is InChI=1S/C18H17BrN2O2/c1-20-18(22)17(12-5-13-3-6-14(19)7-4-13)21-15-8-10-16(23-2)11-9-15/h3-4,6-11,17,21H,1-2H3,(H,20,22). The normalized spacial score (nSPS) is 10.9. The summed E-state index contributed by atoms with van der Waals surface area (Å²) in [4.78, 5) is 12.0. The van der Waals surface area contributed by atoms with Crippen LogP contribution >= 0.6 is 15.9 Å². The molecule has 0 aliphatic carbocycles. The Kier molecular flexibility index (Phi) is 6.07. The highest BCUT2D eigenvalue weighted by atomic mass is 79.9. The summed E-state index contributed by atoms with van der Waals surface area (Å²) >= 11 is 3.38. The summed E-state index contributed by atoms with van der Waals surface area (Å²) in [7, 11) is 3.20. The molecule has 118 valence electrons. The second-order valence-corrected chi connectivity index (χ2v) is 5.61. The number of anilines is 1. The summed E-state index contributed by atoms with van der Waals surface area (Å²) in [5.74, 6) is 6.54. The lowest BCUT2D eigenvalue weighted by Crippen LogP contribution is -2.36. The Morgan fingerprint density at radius 2 is 1.78 bits per heavy atom. The van der Waals surface area contributed by atoms with Gasteiger partial charge in [0.05, 0.1) is 7.11 Å². The Hall–Kier alpha value is -2.45. The summed E-state index contributed by atoms with van der Waals surface area (Å²) < 4.78 is 6.11. The third-order valence-electron chi connectivity index (χ3n) is 3.11. The first-order chi connectivity index (χ1) is 11.1. The highest BCUT2D eigenvalue weighted by molar-refractivity contribution is 9.10. The van der Waals surface area contributed by atoms with Crippen molar-refractivity contribution in [3.05, 3.63) is 58.6 Å². The topological polar surface area (TPSA) is 50.4 Å². The maximum absolute atomic E-state index is 12.0. The molecule has 4 nitrogen and oxygen atoms in total. The number of halogens is 1. The minimum absolute atomic E-state index is 0.189. The van der Waals surface area contributed by atoms with Crippen LogP contribution in [-0.2, 0) is 4.79 Å². The van der Waals surface area contributed by atoms with Crippen molar-refractivity contribution in [3.8, 4) is 17.6 Å². The first kappa shape index (κ1) is 16.9. The maximum atomic E-state index is 12.0. The van der Waals surface area contributed by atoms with Crippen molar-refractivity contribution < 1.29 is 9.53 Å². The van der Waals surface area contributed by atoms with Gasteiger partial charge in [-0.15, -0.1) is 0 Å². The van der Waals surface area contributed by atoms with E-state index >= 15 is 0 Å². The number of likely N-dealkylation sites (N-methyl/N-ethyl adjacent to an activating group) is 1. The van der Waals surface area contributed by atoms with E-state index < -0.39 is 6.04 Å². The molecule has 0 aliphatic heterocycles. The average molecular weight is 373 g/mol. The van der Waals surface area contributed by atoms with Crippen LogP contribution in [0.3, 0.4) is 0 Å². The van der Waals surface area contributed by atoms with E-state index in [4.69, 9.17) is 4.74 Å². The molecule has 2 aromatic rings. The van der Waals surface area contributed by atoms with Crippen LogP contribution in [0.25, 0.3) is 0 Å². The van der Waals surface area contributed by atoms with E-state index in [1.165, 1.54) is 0 Å². The lowest BCUT2D eigenvalue weighted by Gasteiger charge is -2.13. The van der Waals surface area contributed by atoms with Crippen LogP contribution in [0.2, 0.25) is 0 Å². The van der Waals surface area contributed by atoms with Crippen molar-refractivity contribution in [2.24, 2.45) is 0 Å². The Morgan fingerprint density at radius 3 is 2.35 bits per heavy atom. The Balaban J connectivity index is 2.16. The van der Waals surface area contributed by atoms with Crippen LogP contribution < -0.4 is 15.4 Å². The first-order valence-electron chi connectivity index (χ1n) is 7.01. The molecule has 1 amide bonds. The molecule has 1 atom stereocenters. The molecular weight excluding hydrogens is 356 g/mol. The zero-order valence-electron chi connectivity index (χ0n) is 12.9. The van der Waals surface area contributed by atoms with Gasteiger partial charge in [-0.25, -0.2) is 0 Å². The van der Waals surface area contributed by atoms with E-state index in [2.05, 4.69) is 38.4 Å². The van der Waals surface area contributed by atoms with E-state index in [1.807, 2.05) is 48.5 Å². The lowest BCUT2D eigenvalue weighted by molar-refractivity contribution is -0.120. The molecule has 0 fully saturated rings. The molecule has 0 radical (unpaired) electrons. The fraction of sp³-hybridized carbons (Fsp3) is 0.167. The number of ether oxygens (including phenoxy) is 1. The molecule has 0 heterocycles. The van der Waals surface area contributed by atoms with Crippen LogP contribution in [-0.4, -0.2) is 26.1 Å². The van der Waals surface area contributed by atoms with Crippen molar-refractivity contribution in [2.45, 2.75) is 6.04 Å². The van der Waals surface area contributed by atoms with Crippen LogP contribution in [0, 0.1) is 11.8 Å². The molecule has 23 heavy (non-hydrogen) atoms. The zero-order chi connectivity index (χ0) is 16.7. The van der Waals surface area contributed by atoms with E-state index in [-0.39, 0.29) is 5.91 Å². The zero-order valence-corrected chi connectivity index (χ0v) is 14.5. The molecule has 2 aromatic carbocycles. The number of nitrogens with one attached hydrogen (secondary N) is 2.